The van der Waals surface area contributed by atoms with Crippen molar-refractivity contribution in [3.05, 3.63) is 24.7 Å². The number of hydrogen-bond acceptors (Lipinski definition) is 1. The first kappa shape index (κ1) is 24.7. The normalized spacial score (nSPS) is 19.0. The molecule has 0 amide bonds. The third-order valence-electron chi connectivity index (χ3n) is 2.45. The van der Waals surface area contributed by atoms with Crippen LogP contribution in [0.3, 0.4) is 0 Å². The van der Waals surface area contributed by atoms with Gasteiger partial charge in [0, 0.05) is 0 Å². The second kappa shape index (κ2) is 6.72. The Hall–Kier alpha value is -0.260. The fourth-order valence-electron chi connectivity index (χ4n) is 0.983. The third-order valence-corrected chi connectivity index (χ3v) is 4.11. The summed E-state index contributed by atoms with van der Waals surface area (Å²) in [7, 11) is 0. The van der Waals surface area contributed by atoms with Gasteiger partial charge in [0.15, 0.2) is 11.5 Å². The third kappa shape index (κ3) is 4.19. The summed E-state index contributed by atoms with van der Waals surface area (Å²) in [4.78, 5) is 0. The predicted octanol–water partition coefficient (Wildman–Crippen LogP) is 6.77. The van der Waals surface area contributed by atoms with Crippen molar-refractivity contribution in [3.8, 4) is 0 Å². The monoisotopic (exact) mass is 470 g/mol. The number of rotatable bonds is 8. The van der Waals surface area contributed by atoms with E-state index in [0.717, 1.165) is 0 Å². The standard InChI is InChI=1S/C10H4Cl4F10O/c1-3(5(15,16)7(11,19)9(13,21)22)25-4(2)6(17,18)8(12,20)10(14,23)24/h1-2H2. The van der Waals surface area contributed by atoms with Crippen LogP contribution in [-0.4, -0.2) is 32.9 Å². The molecule has 0 saturated carbocycles. The van der Waals surface area contributed by atoms with Gasteiger partial charge in [0.2, 0.25) is 0 Å². The molecule has 1 nitrogen and oxygen atoms in total. The van der Waals surface area contributed by atoms with Crippen LogP contribution in [0.1, 0.15) is 0 Å². The van der Waals surface area contributed by atoms with Gasteiger partial charge < -0.3 is 4.74 Å². The lowest BCUT2D eigenvalue weighted by atomic mass is 10.1. The van der Waals surface area contributed by atoms with Crippen molar-refractivity contribution < 1.29 is 48.6 Å². The van der Waals surface area contributed by atoms with Gasteiger partial charge in [0.05, 0.1) is 0 Å². The Kier molecular flexibility index (Phi) is 6.65. The van der Waals surface area contributed by atoms with Gasteiger partial charge in [-0.05, 0) is 23.2 Å². The van der Waals surface area contributed by atoms with Gasteiger partial charge in [0.25, 0.3) is 0 Å². The second-order valence-electron chi connectivity index (χ2n) is 4.24. The van der Waals surface area contributed by atoms with Gasteiger partial charge in [-0.2, -0.15) is 35.1 Å². The molecule has 0 heterocycles. The molecule has 0 aromatic heterocycles. The summed E-state index contributed by atoms with van der Waals surface area (Å²) in [6.45, 7) is 4.27. The van der Waals surface area contributed by atoms with Gasteiger partial charge in [-0.3, -0.25) is 0 Å². The fourth-order valence-corrected chi connectivity index (χ4v) is 1.43. The zero-order valence-electron chi connectivity index (χ0n) is 11.1. The summed E-state index contributed by atoms with van der Waals surface area (Å²) in [5, 5.41) is -21.9. The SMILES string of the molecule is C=C(OC(=C)C(F)(F)C(F)(Cl)C(F)(F)Cl)C(F)(F)C(F)(Cl)C(F)(F)Cl. The summed E-state index contributed by atoms with van der Waals surface area (Å²) in [5.74, 6) is -16.6. The highest BCUT2D eigenvalue weighted by Gasteiger charge is 2.73. The van der Waals surface area contributed by atoms with Crippen molar-refractivity contribution in [1.29, 1.82) is 0 Å². The Balaban J connectivity index is 5.68. The van der Waals surface area contributed by atoms with Crippen LogP contribution >= 0.6 is 46.4 Å². The van der Waals surface area contributed by atoms with E-state index < -0.39 is 44.4 Å². The Bertz CT molecular complexity index is 501. The molecule has 148 valence electrons. The number of alkyl halides is 14. The largest absolute Gasteiger partial charge is 0.454 e. The summed E-state index contributed by atoms with van der Waals surface area (Å²) < 4.78 is 134. The van der Waals surface area contributed by atoms with Gasteiger partial charge in [0.1, 0.15) is 0 Å². The molecule has 0 aromatic rings. The van der Waals surface area contributed by atoms with Crippen molar-refractivity contribution in [2.45, 2.75) is 32.9 Å². The molecule has 0 aliphatic rings. The molecule has 15 heteroatoms. The Morgan fingerprint density at radius 3 is 0.920 bits per heavy atom. The molecule has 25 heavy (non-hydrogen) atoms. The van der Waals surface area contributed by atoms with Crippen LogP contribution < -0.4 is 0 Å². The molecule has 0 spiro atoms. The molecule has 0 aromatic carbocycles. The van der Waals surface area contributed by atoms with Crippen LogP contribution in [0.15, 0.2) is 24.7 Å². The van der Waals surface area contributed by atoms with Crippen LogP contribution in [-0.2, 0) is 4.74 Å². The zero-order chi connectivity index (χ0) is 20.9. The van der Waals surface area contributed by atoms with Crippen LogP contribution in [0.5, 0.6) is 0 Å². The Morgan fingerprint density at radius 2 is 0.760 bits per heavy atom. The molecule has 0 aliphatic heterocycles. The molecular formula is C10H4Cl4F10O. The van der Waals surface area contributed by atoms with Gasteiger partial charge in [-0.25, -0.2) is 8.78 Å². The first-order valence-corrected chi connectivity index (χ1v) is 6.77. The first-order chi connectivity index (χ1) is 10.5. The molecule has 0 N–H and O–H groups in total. The highest BCUT2D eigenvalue weighted by molar-refractivity contribution is 6.33. The minimum atomic E-state index is -5.69. The smallest absolute Gasteiger partial charge is 0.375 e. The van der Waals surface area contributed by atoms with E-state index in [4.69, 9.17) is 0 Å². The molecular weight excluding hydrogens is 468 g/mol. The molecule has 0 saturated heterocycles. The Labute approximate surface area is 153 Å². The average molecular weight is 472 g/mol. The van der Waals surface area contributed by atoms with Crippen molar-refractivity contribution >= 4 is 46.4 Å². The van der Waals surface area contributed by atoms with E-state index in [1.165, 1.54) is 0 Å². The summed E-state index contributed by atoms with van der Waals surface area (Å²) >= 11 is 16.6. The number of halogens is 14. The van der Waals surface area contributed by atoms with E-state index in [-0.39, 0.29) is 0 Å². The lowest BCUT2D eigenvalue weighted by Gasteiger charge is -2.34. The molecule has 0 radical (unpaired) electrons. The summed E-state index contributed by atoms with van der Waals surface area (Å²) in [6, 6.07) is 0. The maximum atomic E-state index is 13.5. The number of allylic oxidation sites excluding steroid dienone is 2. The van der Waals surface area contributed by atoms with Crippen LogP contribution in [0.25, 0.3) is 0 Å². The topological polar surface area (TPSA) is 9.23 Å². The van der Waals surface area contributed by atoms with E-state index in [0.29, 0.717) is 0 Å². The molecule has 0 fully saturated rings. The minimum Gasteiger partial charge on any atom is -0.454 e. The minimum absolute atomic E-state index is 2.14. The summed E-state index contributed by atoms with van der Waals surface area (Å²) in [5.41, 5.74) is 0. The van der Waals surface area contributed by atoms with E-state index in [1.54, 1.807) is 0 Å². The van der Waals surface area contributed by atoms with Gasteiger partial charge in [-0.1, -0.05) is 36.4 Å². The highest BCUT2D eigenvalue weighted by Crippen LogP contribution is 2.55. The van der Waals surface area contributed by atoms with Crippen molar-refractivity contribution in [1.82, 2.24) is 0 Å². The summed E-state index contributed by atoms with van der Waals surface area (Å²) in [6.07, 6.45) is 0. The molecule has 0 aliphatic carbocycles. The molecule has 2 atom stereocenters. The fraction of sp³-hybridized carbons (Fsp3) is 0.600. The Morgan fingerprint density at radius 1 is 0.560 bits per heavy atom. The second-order valence-corrected chi connectivity index (χ2v) is 6.23. The number of hydrogen-bond donors (Lipinski definition) is 0. The lowest BCUT2D eigenvalue weighted by molar-refractivity contribution is -0.185. The van der Waals surface area contributed by atoms with Crippen LogP contribution in [0.4, 0.5) is 43.9 Å². The van der Waals surface area contributed by atoms with E-state index in [9.17, 15) is 43.9 Å². The molecule has 2 unspecified atom stereocenters. The van der Waals surface area contributed by atoms with Crippen LogP contribution in [0.2, 0.25) is 0 Å². The van der Waals surface area contributed by atoms with Crippen molar-refractivity contribution in [2.24, 2.45) is 0 Å². The van der Waals surface area contributed by atoms with Gasteiger partial charge >= 0.3 is 32.9 Å². The van der Waals surface area contributed by atoms with Crippen molar-refractivity contribution in [3.63, 3.8) is 0 Å². The quantitative estimate of drug-likeness (QED) is 0.215. The number of ether oxygens (including phenoxy) is 1. The van der Waals surface area contributed by atoms with Crippen molar-refractivity contribution in [2.75, 3.05) is 0 Å². The maximum Gasteiger partial charge on any atom is 0.375 e. The average Bonchev–Trinajstić information content (AvgIpc) is 2.34. The highest BCUT2D eigenvalue weighted by atomic mass is 35.5. The van der Waals surface area contributed by atoms with E-state index in [1.807, 2.05) is 0 Å². The van der Waals surface area contributed by atoms with Gasteiger partial charge in [-0.15, -0.1) is 0 Å². The molecule has 0 rings (SSSR count). The van der Waals surface area contributed by atoms with Crippen LogP contribution in [0, 0.1) is 0 Å². The lowest BCUT2D eigenvalue weighted by Crippen LogP contribution is -2.53. The maximum absolute atomic E-state index is 13.5. The predicted molar refractivity (Wildman–Crippen MR) is 70.2 cm³/mol. The van der Waals surface area contributed by atoms with E-state index >= 15 is 0 Å². The molecule has 0 bridgehead atoms. The zero-order valence-corrected chi connectivity index (χ0v) is 14.1. The van der Waals surface area contributed by atoms with E-state index in [2.05, 4.69) is 64.3 Å². The first-order valence-electron chi connectivity index (χ1n) is 5.26.